The number of carbonyl (C=O) groups is 1. The molecule has 4 rings (SSSR count). The summed E-state index contributed by atoms with van der Waals surface area (Å²) in [5.74, 6) is -0.610. The Morgan fingerprint density at radius 3 is 2.96 bits per heavy atom. The fraction of sp³-hybridized carbons (Fsp3) is 0.263. The van der Waals surface area contributed by atoms with Gasteiger partial charge in [-0.15, -0.1) is 0 Å². The van der Waals surface area contributed by atoms with Crippen LogP contribution >= 0.6 is 0 Å². The Hall–Kier alpha value is -2.73. The second kappa shape index (κ2) is 5.97. The van der Waals surface area contributed by atoms with Crippen LogP contribution in [0.2, 0.25) is 0 Å². The molecule has 1 N–H and O–H groups in total. The summed E-state index contributed by atoms with van der Waals surface area (Å²) < 4.78 is 15.4. The number of halogens is 1. The number of likely N-dealkylation sites (tertiary alicyclic amines) is 1. The van der Waals surface area contributed by atoms with Crippen molar-refractivity contribution in [3.8, 4) is 0 Å². The van der Waals surface area contributed by atoms with Gasteiger partial charge in [-0.2, -0.15) is 0 Å². The van der Waals surface area contributed by atoms with Crippen LogP contribution in [0.4, 0.5) is 4.39 Å². The smallest absolute Gasteiger partial charge is 0.274 e. The summed E-state index contributed by atoms with van der Waals surface area (Å²) >= 11 is 0. The van der Waals surface area contributed by atoms with Crippen molar-refractivity contribution in [3.63, 3.8) is 0 Å². The van der Waals surface area contributed by atoms with Crippen LogP contribution < -0.4 is 0 Å². The Kier molecular flexibility index (Phi) is 3.77. The molecule has 3 heterocycles. The lowest BCUT2D eigenvalue weighted by molar-refractivity contribution is 0.0710. The van der Waals surface area contributed by atoms with E-state index in [4.69, 9.17) is 0 Å². The summed E-state index contributed by atoms with van der Waals surface area (Å²) in [6.45, 7) is 2.18. The van der Waals surface area contributed by atoms with Crippen molar-refractivity contribution < 1.29 is 14.3 Å². The van der Waals surface area contributed by atoms with Crippen molar-refractivity contribution in [3.05, 3.63) is 71.4 Å². The lowest BCUT2D eigenvalue weighted by Crippen LogP contribution is -2.32. The van der Waals surface area contributed by atoms with Gasteiger partial charge in [0.1, 0.15) is 17.2 Å². The largest absolute Gasteiger partial charge is 0.391 e. The van der Waals surface area contributed by atoms with Gasteiger partial charge in [0.25, 0.3) is 5.91 Å². The number of rotatable bonds is 2. The van der Waals surface area contributed by atoms with E-state index in [-0.39, 0.29) is 24.3 Å². The van der Waals surface area contributed by atoms with Gasteiger partial charge in [0, 0.05) is 18.9 Å². The Morgan fingerprint density at radius 2 is 2.16 bits per heavy atom. The van der Waals surface area contributed by atoms with Crippen LogP contribution in [-0.4, -0.2) is 37.9 Å². The number of hydrogen-bond donors (Lipinski definition) is 1. The number of nitrogens with zero attached hydrogens (tertiary/aromatic N) is 3. The van der Waals surface area contributed by atoms with Gasteiger partial charge < -0.3 is 14.4 Å². The quantitative estimate of drug-likeness (QED) is 0.781. The minimum Gasteiger partial charge on any atom is -0.391 e. The van der Waals surface area contributed by atoms with Crippen molar-refractivity contribution in [1.29, 1.82) is 0 Å². The number of amides is 1. The van der Waals surface area contributed by atoms with Crippen LogP contribution in [0.15, 0.2) is 48.8 Å². The number of benzene rings is 1. The summed E-state index contributed by atoms with van der Waals surface area (Å²) in [4.78, 5) is 18.9. The molecular weight excluding hydrogens is 321 g/mol. The molecule has 0 aliphatic carbocycles. The minimum atomic E-state index is -0.628. The van der Waals surface area contributed by atoms with Crippen molar-refractivity contribution in [1.82, 2.24) is 14.3 Å². The molecule has 1 fully saturated rings. The van der Waals surface area contributed by atoms with E-state index in [1.807, 2.05) is 25.3 Å². The number of carbonyl (C=O) groups excluding carboxylic acids is 1. The third-order valence-electron chi connectivity index (χ3n) is 4.61. The summed E-state index contributed by atoms with van der Waals surface area (Å²) in [7, 11) is 0. The molecule has 0 bridgehead atoms. The molecule has 2 atom stereocenters. The highest BCUT2D eigenvalue weighted by Crippen LogP contribution is 2.33. The van der Waals surface area contributed by atoms with Gasteiger partial charge in [0.15, 0.2) is 0 Å². The molecule has 2 aromatic heterocycles. The third-order valence-corrected chi connectivity index (χ3v) is 4.61. The molecule has 1 amide bonds. The summed E-state index contributed by atoms with van der Waals surface area (Å²) in [5, 5.41) is 10.1. The van der Waals surface area contributed by atoms with Gasteiger partial charge in [-0.3, -0.25) is 4.79 Å². The first-order valence-electron chi connectivity index (χ1n) is 8.21. The van der Waals surface area contributed by atoms with Crippen molar-refractivity contribution in [2.45, 2.75) is 25.5 Å². The standard InChI is InChI=1S/C19H18FN3O2/c1-12-5-6-22-11-16(21-18(22)7-12)19(25)23-10-15(24)9-17(23)13-3-2-4-14(20)8-13/h2-8,11,15,17,24H,9-10H2,1H3/t15-,17-/m0/s1. The normalized spacial score (nSPS) is 20.4. The number of aryl methyl sites for hydroxylation is 1. The zero-order valence-corrected chi connectivity index (χ0v) is 13.8. The predicted octanol–water partition coefficient (Wildman–Crippen LogP) is 2.73. The summed E-state index contributed by atoms with van der Waals surface area (Å²) in [6.07, 6.45) is 3.31. The second-order valence-electron chi connectivity index (χ2n) is 6.51. The average molecular weight is 339 g/mol. The molecule has 0 spiro atoms. The van der Waals surface area contributed by atoms with E-state index in [0.29, 0.717) is 23.3 Å². The highest BCUT2D eigenvalue weighted by molar-refractivity contribution is 5.93. The topological polar surface area (TPSA) is 57.8 Å². The highest BCUT2D eigenvalue weighted by atomic mass is 19.1. The molecule has 1 aromatic carbocycles. The second-order valence-corrected chi connectivity index (χ2v) is 6.51. The SMILES string of the molecule is Cc1ccn2cc(C(=O)N3C[C@@H](O)C[C@H]3c3cccc(F)c3)nc2c1. The Labute approximate surface area is 144 Å². The van der Waals surface area contributed by atoms with Crippen LogP contribution in [-0.2, 0) is 0 Å². The maximum atomic E-state index is 13.6. The maximum absolute atomic E-state index is 13.6. The van der Waals surface area contributed by atoms with E-state index in [1.165, 1.54) is 12.1 Å². The third kappa shape index (κ3) is 2.89. The lowest BCUT2D eigenvalue weighted by atomic mass is 10.0. The Balaban J connectivity index is 1.69. The zero-order valence-electron chi connectivity index (χ0n) is 13.8. The number of pyridine rings is 1. The first-order valence-corrected chi connectivity index (χ1v) is 8.21. The summed E-state index contributed by atoms with van der Waals surface area (Å²) in [5.41, 5.74) is 2.77. The van der Waals surface area contributed by atoms with Crippen LogP contribution in [0.1, 0.15) is 34.1 Å². The molecule has 1 saturated heterocycles. The van der Waals surface area contributed by atoms with E-state index >= 15 is 0 Å². The number of imidazole rings is 1. The molecular formula is C19H18FN3O2. The maximum Gasteiger partial charge on any atom is 0.274 e. The van der Waals surface area contributed by atoms with Crippen LogP contribution in [0.25, 0.3) is 5.65 Å². The molecule has 6 heteroatoms. The van der Waals surface area contributed by atoms with E-state index in [9.17, 15) is 14.3 Å². The first kappa shape index (κ1) is 15.8. The number of aromatic nitrogens is 2. The van der Waals surface area contributed by atoms with Crippen LogP contribution in [0.3, 0.4) is 0 Å². The molecule has 1 aliphatic rings. The fourth-order valence-electron chi connectivity index (χ4n) is 3.40. The monoisotopic (exact) mass is 339 g/mol. The van der Waals surface area contributed by atoms with Gasteiger partial charge in [0.05, 0.1) is 12.1 Å². The molecule has 5 nitrogen and oxygen atoms in total. The first-order chi connectivity index (χ1) is 12.0. The average Bonchev–Trinajstić information content (AvgIpc) is 3.17. The number of aliphatic hydroxyl groups excluding tert-OH is 1. The molecule has 1 aliphatic heterocycles. The molecule has 3 aromatic rings. The minimum absolute atomic E-state index is 0.215. The van der Waals surface area contributed by atoms with Gasteiger partial charge >= 0.3 is 0 Å². The zero-order chi connectivity index (χ0) is 17.6. The van der Waals surface area contributed by atoms with Gasteiger partial charge in [-0.1, -0.05) is 12.1 Å². The fourth-order valence-corrected chi connectivity index (χ4v) is 3.40. The number of β-amino-alcohol motifs (C(OH)–C–C–N with tert-alkyl or cyclic N) is 1. The van der Waals surface area contributed by atoms with Crippen LogP contribution in [0.5, 0.6) is 0 Å². The van der Waals surface area contributed by atoms with Crippen LogP contribution in [0, 0.1) is 12.7 Å². The molecule has 0 radical (unpaired) electrons. The van der Waals surface area contributed by atoms with Crippen molar-refractivity contribution in [2.75, 3.05) is 6.54 Å². The highest BCUT2D eigenvalue weighted by Gasteiger charge is 2.36. The predicted molar refractivity (Wildman–Crippen MR) is 90.7 cm³/mol. The Bertz CT molecular complexity index is 953. The van der Waals surface area contributed by atoms with Gasteiger partial charge in [-0.25, -0.2) is 9.37 Å². The van der Waals surface area contributed by atoms with Crippen molar-refractivity contribution in [2.24, 2.45) is 0 Å². The molecule has 0 unspecified atom stereocenters. The number of hydrogen-bond acceptors (Lipinski definition) is 3. The molecule has 128 valence electrons. The van der Waals surface area contributed by atoms with Crippen molar-refractivity contribution >= 4 is 11.6 Å². The van der Waals surface area contributed by atoms with E-state index in [1.54, 1.807) is 27.6 Å². The van der Waals surface area contributed by atoms with E-state index in [2.05, 4.69) is 4.98 Å². The van der Waals surface area contributed by atoms with Gasteiger partial charge in [0.2, 0.25) is 0 Å². The van der Waals surface area contributed by atoms with E-state index in [0.717, 1.165) is 5.56 Å². The Morgan fingerprint density at radius 1 is 1.32 bits per heavy atom. The lowest BCUT2D eigenvalue weighted by Gasteiger charge is -2.24. The number of aliphatic hydroxyl groups is 1. The van der Waals surface area contributed by atoms with E-state index < -0.39 is 6.10 Å². The van der Waals surface area contributed by atoms with Gasteiger partial charge in [-0.05, 0) is 48.7 Å². The summed E-state index contributed by atoms with van der Waals surface area (Å²) in [6, 6.07) is 9.66. The molecule has 25 heavy (non-hydrogen) atoms. The molecule has 0 saturated carbocycles. The number of fused-ring (bicyclic) bond motifs is 1.